The normalized spacial score (nSPS) is 20.2. The molecule has 2 fully saturated rings. The van der Waals surface area contributed by atoms with Crippen LogP contribution in [-0.2, 0) is 4.79 Å². The third-order valence-corrected chi connectivity index (χ3v) is 5.64. The fourth-order valence-corrected chi connectivity index (χ4v) is 4.10. The largest absolute Gasteiger partial charge is 0.366 e. The molecule has 3 aromatic rings. The Morgan fingerprint density at radius 3 is 2.97 bits per heavy atom. The molecule has 3 aromatic heterocycles. The molecule has 5 heterocycles. The van der Waals surface area contributed by atoms with E-state index in [2.05, 4.69) is 20.6 Å². The van der Waals surface area contributed by atoms with Crippen LogP contribution in [0, 0.1) is 0 Å². The summed E-state index contributed by atoms with van der Waals surface area (Å²) in [4.78, 5) is 27.8. The molecule has 2 N–H and O–H groups in total. The lowest BCUT2D eigenvalue weighted by atomic mass is 10.1. The number of pyridine rings is 1. The average Bonchev–Trinajstić information content (AvgIpc) is 3.18. The number of nitrogens with zero attached hydrogens (tertiary/aromatic N) is 5. The van der Waals surface area contributed by atoms with Gasteiger partial charge in [0.25, 0.3) is 0 Å². The van der Waals surface area contributed by atoms with Crippen molar-refractivity contribution in [1.82, 2.24) is 24.7 Å². The van der Waals surface area contributed by atoms with E-state index in [0.29, 0.717) is 24.8 Å². The van der Waals surface area contributed by atoms with Crippen molar-refractivity contribution in [3.63, 3.8) is 0 Å². The standard InChI is InChI=1S/C21H25N7O/c29-21-8-1-2-10-27(21)20-14-28-17(12-23-19(28)13-24-20)16-6-3-7-18(26-16)25-15-5-4-9-22-11-15/h3,6-7,12-15,22H,1-2,4-5,8-11H2,(H,25,26)/t15-/m1/s1. The van der Waals surface area contributed by atoms with Gasteiger partial charge >= 0.3 is 0 Å². The zero-order chi connectivity index (χ0) is 19.6. The van der Waals surface area contributed by atoms with Crippen LogP contribution in [0.2, 0.25) is 0 Å². The third kappa shape index (κ3) is 3.67. The van der Waals surface area contributed by atoms with Gasteiger partial charge in [0.05, 0.1) is 30.0 Å². The first-order chi connectivity index (χ1) is 14.3. The molecule has 0 unspecified atom stereocenters. The number of carbonyl (C=O) groups is 1. The SMILES string of the molecule is O=C1CCCCN1c1cn2c(-c3cccc(N[C@@H]4CCCNC4)n3)cnc2cn1. The van der Waals surface area contributed by atoms with Crippen LogP contribution in [0.5, 0.6) is 0 Å². The number of anilines is 2. The second kappa shape index (κ2) is 7.79. The molecule has 2 aliphatic heterocycles. The van der Waals surface area contributed by atoms with Gasteiger partial charge in [-0.1, -0.05) is 6.07 Å². The lowest BCUT2D eigenvalue weighted by Crippen LogP contribution is -2.38. The van der Waals surface area contributed by atoms with Gasteiger partial charge in [-0.05, 0) is 44.4 Å². The fraction of sp³-hybridized carbons (Fsp3) is 0.429. The molecule has 2 saturated heterocycles. The average molecular weight is 391 g/mol. The highest BCUT2D eigenvalue weighted by Crippen LogP contribution is 2.24. The molecule has 0 saturated carbocycles. The Balaban J connectivity index is 1.46. The van der Waals surface area contributed by atoms with Crippen molar-refractivity contribution < 1.29 is 4.79 Å². The van der Waals surface area contributed by atoms with Gasteiger partial charge in [-0.2, -0.15) is 0 Å². The third-order valence-electron chi connectivity index (χ3n) is 5.64. The Hall–Kier alpha value is -3.00. The van der Waals surface area contributed by atoms with Crippen LogP contribution in [0.1, 0.15) is 32.1 Å². The van der Waals surface area contributed by atoms with E-state index >= 15 is 0 Å². The summed E-state index contributed by atoms with van der Waals surface area (Å²) in [6.45, 7) is 2.76. The second-order valence-corrected chi connectivity index (χ2v) is 7.72. The van der Waals surface area contributed by atoms with Crippen molar-refractivity contribution in [3.8, 4) is 11.4 Å². The Morgan fingerprint density at radius 1 is 1.14 bits per heavy atom. The number of hydrogen-bond acceptors (Lipinski definition) is 6. The quantitative estimate of drug-likeness (QED) is 0.710. The number of hydrogen-bond donors (Lipinski definition) is 2. The monoisotopic (exact) mass is 391 g/mol. The molecule has 1 amide bonds. The Kier molecular flexibility index (Phi) is 4.85. The van der Waals surface area contributed by atoms with E-state index in [-0.39, 0.29) is 5.91 Å². The summed E-state index contributed by atoms with van der Waals surface area (Å²) in [5.41, 5.74) is 2.47. The predicted molar refractivity (Wildman–Crippen MR) is 112 cm³/mol. The Labute approximate surface area is 169 Å². The minimum atomic E-state index is 0.134. The number of carbonyl (C=O) groups excluding carboxylic acids is 1. The van der Waals surface area contributed by atoms with E-state index in [1.54, 1.807) is 11.1 Å². The number of piperidine rings is 2. The second-order valence-electron chi connectivity index (χ2n) is 7.72. The summed E-state index contributed by atoms with van der Waals surface area (Å²) in [6.07, 6.45) is 10.3. The summed E-state index contributed by atoms with van der Waals surface area (Å²) in [6, 6.07) is 6.39. The maximum Gasteiger partial charge on any atom is 0.228 e. The molecule has 29 heavy (non-hydrogen) atoms. The van der Waals surface area contributed by atoms with Gasteiger partial charge in [0.1, 0.15) is 5.82 Å². The van der Waals surface area contributed by atoms with E-state index in [0.717, 1.165) is 55.2 Å². The molecule has 5 rings (SSSR count). The summed E-state index contributed by atoms with van der Waals surface area (Å²) >= 11 is 0. The Bertz CT molecular complexity index is 1020. The molecule has 0 spiro atoms. The van der Waals surface area contributed by atoms with Crippen LogP contribution in [0.25, 0.3) is 17.0 Å². The van der Waals surface area contributed by atoms with Crippen molar-refractivity contribution in [2.45, 2.75) is 38.1 Å². The van der Waals surface area contributed by atoms with E-state index in [9.17, 15) is 4.79 Å². The maximum absolute atomic E-state index is 12.3. The van der Waals surface area contributed by atoms with E-state index in [1.165, 1.54) is 6.42 Å². The number of amides is 1. The first-order valence-electron chi connectivity index (χ1n) is 10.4. The van der Waals surface area contributed by atoms with E-state index in [4.69, 9.17) is 4.98 Å². The van der Waals surface area contributed by atoms with Crippen LogP contribution < -0.4 is 15.5 Å². The Morgan fingerprint density at radius 2 is 2.10 bits per heavy atom. The predicted octanol–water partition coefficient (Wildman–Crippen LogP) is 2.47. The molecule has 2 aliphatic rings. The molecule has 0 radical (unpaired) electrons. The number of rotatable bonds is 4. The number of aromatic nitrogens is 4. The van der Waals surface area contributed by atoms with Crippen LogP contribution in [0.3, 0.4) is 0 Å². The highest BCUT2D eigenvalue weighted by Gasteiger charge is 2.22. The van der Waals surface area contributed by atoms with Crippen molar-refractivity contribution >= 4 is 23.2 Å². The number of fused-ring (bicyclic) bond motifs is 1. The molecule has 1 atom stereocenters. The summed E-state index contributed by atoms with van der Waals surface area (Å²) in [5, 5.41) is 6.95. The zero-order valence-electron chi connectivity index (χ0n) is 16.3. The highest BCUT2D eigenvalue weighted by molar-refractivity contribution is 5.93. The van der Waals surface area contributed by atoms with E-state index in [1.807, 2.05) is 35.0 Å². The van der Waals surface area contributed by atoms with Crippen molar-refractivity contribution in [1.29, 1.82) is 0 Å². The summed E-state index contributed by atoms with van der Waals surface area (Å²) in [5.74, 6) is 1.67. The van der Waals surface area contributed by atoms with Gasteiger partial charge in [-0.15, -0.1) is 0 Å². The summed E-state index contributed by atoms with van der Waals surface area (Å²) < 4.78 is 1.97. The van der Waals surface area contributed by atoms with Crippen molar-refractivity contribution in [3.05, 3.63) is 36.8 Å². The van der Waals surface area contributed by atoms with Gasteiger partial charge in [0.15, 0.2) is 11.5 Å². The van der Waals surface area contributed by atoms with Gasteiger partial charge < -0.3 is 10.6 Å². The van der Waals surface area contributed by atoms with Crippen molar-refractivity contribution in [2.24, 2.45) is 0 Å². The van der Waals surface area contributed by atoms with Gasteiger partial charge in [0, 0.05) is 25.6 Å². The minimum absolute atomic E-state index is 0.134. The number of imidazole rings is 1. The van der Waals surface area contributed by atoms with Gasteiger partial charge in [-0.25, -0.2) is 15.0 Å². The lowest BCUT2D eigenvalue weighted by Gasteiger charge is -2.25. The molecule has 8 heteroatoms. The molecular weight excluding hydrogens is 366 g/mol. The fourth-order valence-electron chi connectivity index (χ4n) is 4.10. The van der Waals surface area contributed by atoms with Crippen molar-refractivity contribution in [2.75, 3.05) is 29.9 Å². The minimum Gasteiger partial charge on any atom is -0.366 e. The molecule has 0 aromatic carbocycles. The zero-order valence-corrected chi connectivity index (χ0v) is 16.3. The van der Waals surface area contributed by atoms with Gasteiger partial charge in [-0.3, -0.25) is 14.1 Å². The lowest BCUT2D eigenvalue weighted by molar-refractivity contribution is -0.119. The first kappa shape index (κ1) is 18.1. The highest BCUT2D eigenvalue weighted by atomic mass is 16.2. The van der Waals surface area contributed by atoms with Crippen LogP contribution >= 0.6 is 0 Å². The molecule has 0 bridgehead atoms. The van der Waals surface area contributed by atoms with Gasteiger partial charge in [0.2, 0.25) is 5.91 Å². The smallest absolute Gasteiger partial charge is 0.228 e. The summed E-state index contributed by atoms with van der Waals surface area (Å²) in [7, 11) is 0. The van der Waals surface area contributed by atoms with Crippen LogP contribution in [0.4, 0.5) is 11.6 Å². The first-order valence-corrected chi connectivity index (χ1v) is 10.4. The molecule has 0 aliphatic carbocycles. The number of nitrogens with one attached hydrogen (secondary N) is 2. The topological polar surface area (TPSA) is 87.5 Å². The molecular formula is C21H25N7O. The maximum atomic E-state index is 12.3. The molecule has 8 nitrogen and oxygen atoms in total. The van der Waals surface area contributed by atoms with E-state index < -0.39 is 0 Å². The molecule has 150 valence electrons. The van der Waals surface area contributed by atoms with Crippen LogP contribution in [0.15, 0.2) is 36.8 Å². The van der Waals surface area contributed by atoms with Crippen LogP contribution in [-0.4, -0.2) is 50.9 Å².